The van der Waals surface area contributed by atoms with E-state index < -0.39 is 0 Å². The van der Waals surface area contributed by atoms with Crippen molar-refractivity contribution in [3.8, 4) is 0 Å². The number of hydrogen-bond acceptors (Lipinski definition) is 4. The summed E-state index contributed by atoms with van der Waals surface area (Å²) >= 11 is 0. The second-order valence-corrected chi connectivity index (χ2v) is 2.64. The minimum Gasteiger partial charge on any atom is -0.297 e. The fourth-order valence-corrected chi connectivity index (χ4v) is 1.25. The van der Waals surface area contributed by atoms with Gasteiger partial charge in [-0.2, -0.15) is 0 Å². The highest BCUT2D eigenvalue weighted by Gasteiger charge is 2.14. The molecule has 5 nitrogen and oxygen atoms in total. The third-order valence-electron chi connectivity index (χ3n) is 1.76. The van der Waals surface area contributed by atoms with E-state index in [0.29, 0.717) is 6.54 Å². The van der Waals surface area contributed by atoms with Gasteiger partial charge >= 0.3 is 0 Å². The van der Waals surface area contributed by atoms with Crippen molar-refractivity contribution >= 4 is 5.91 Å². The largest absolute Gasteiger partial charge is 0.297 e. The van der Waals surface area contributed by atoms with E-state index in [1.807, 2.05) is 4.90 Å². The summed E-state index contributed by atoms with van der Waals surface area (Å²) in [6, 6.07) is 0. The first-order valence-corrected chi connectivity index (χ1v) is 3.73. The van der Waals surface area contributed by atoms with Crippen LogP contribution in [-0.2, 0) is 4.79 Å². The molecule has 0 saturated carbocycles. The number of hydrogen-bond donors (Lipinski definition) is 3. The molecular weight excluding hydrogens is 146 g/mol. The smallest absolute Gasteiger partial charge is 0.250 e. The highest BCUT2D eigenvalue weighted by atomic mass is 16.5. The van der Waals surface area contributed by atoms with E-state index in [0.717, 1.165) is 13.1 Å². The van der Waals surface area contributed by atoms with Crippen LogP contribution in [0.15, 0.2) is 0 Å². The lowest BCUT2D eigenvalue weighted by Crippen LogP contribution is -2.41. The van der Waals surface area contributed by atoms with Gasteiger partial charge in [-0.25, -0.2) is 0 Å². The fraction of sp³-hybridized carbons (Fsp3) is 0.833. The molecule has 0 bridgehead atoms. The monoisotopic (exact) mass is 159 g/mol. The maximum Gasteiger partial charge on any atom is 0.250 e. The molecule has 1 saturated heterocycles. The maximum atomic E-state index is 10.8. The van der Waals surface area contributed by atoms with Crippen molar-refractivity contribution in [3.63, 3.8) is 0 Å². The van der Waals surface area contributed by atoms with Gasteiger partial charge in [0.15, 0.2) is 0 Å². The first-order valence-electron chi connectivity index (χ1n) is 3.73. The van der Waals surface area contributed by atoms with Crippen LogP contribution in [-0.4, -0.2) is 35.6 Å². The molecule has 1 rings (SSSR count). The minimum atomic E-state index is -0.200. The summed E-state index contributed by atoms with van der Waals surface area (Å²) in [7, 11) is 0. The predicted molar refractivity (Wildman–Crippen MR) is 38.7 cm³/mol. The Kier molecular flexibility index (Phi) is 3.28. The van der Waals surface area contributed by atoms with Crippen LogP contribution in [0.25, 0.3) is 0 Å². The zero-order valence-corrected chi connectivity index (χ0v) is 6.34. The Morgan fingerprint density at radius 2 is 2.09 bits per heavy atom. The summed E-state index contributed by atoms with van der Waals surface area (Å²) in [6.45, 7) is 2.34. The average Bonchev–Trinajstić information content (AvgIpc) is 2.40. The summed E-state index contributed by atoms with van der Waals surface area (Å²) in [5.41, 5.74) is 3.71. The number of rotatable bonds is 3. The number of carbonyl (C=O) groups is 1. The van der Waals surface area contributed by atoms with E-state index in [1.165, 1.54) is 12.8 Å². The van der Waals surface area contributed by atoms with Crippen LogP contribution in [0, 0.1) is 0 Å². The van der Waals surface area contributed by atoms with Crippen LogP contribution in [0.3, 0.4) is 0 Å². The molecule has 5 heteroatoms. The number of amides is 1. The van der Waals surface area contributed by atoms with Gasteiger partial charge < -0.3 is 0 Å². The second kappa shape index (κ2) is 4.27. The van der Waals surface area contributed by atoms with Gasteiger partial charge in [-0.3, -0.25) is 20.3 Å². The molecule has 0 aromatic carbocycles. The minimum absolute atomic E-state index is 0.200. The Morgan fingerprint density at radius 1 is 1.45 bits per heavy atom. The number of carbonyl (C=O) groups excluding carboxylic acids is 1. The van der Waals surface area contributed by atoms with Crippen molar-refractivity contribution < 1.29 is 10.0 Å². The highest BCUT2D eigenvalue weighted by molar-refractivity contribution is 5.77. The lowest BCUT2D eigenvalue weighted by Gasteiger charge is -2.12. The number of nitrogens with one attached hydrogen (secondary N) is 2. The van der Waals surface area contributed by atoms with E-state index in [1.54, 1.807) is 5.59 Å². The molecule has 3 N–H and O–H groups in total. The zero-order valence-electron chi connectivity index (χ0n) is 6.34. The molecule has 0 atom stereocenters. The van der Waals surface area contributed by atoms with Crippen LogP contribution in [0.4, 0.5) is 0 Å². The van der Waals surface area contributed by atoms with E-state index >= 15 is 0 Å². The summed E-state index contributed by atoms with van der Waals surface area (Å²) in [5, 5.41) is 8.11. The van der Waals surface area contributed by atoms with Crippen molar-refractivity contribution in [3.05, 3.63) is 0 Å². The van der Waals surface area contributed by atoms with Crippen LogP contribution >= 0.6 is 0 Å². The van der Waals surface area contributed by atoms with Gasteiger partial charge in [-0.1, -0.05) is 0 Å². The quantitative estimate of drug-likeness (QED) is 0.467. The van der Waals surface area contributed by atoms with Crippen LogP contribution < -0.4 is 11.0 Å². The van der Waals surface area contributed by atoms with E-state index in [9.17, 15) is 4.79 Å². The summed E-state index contributed by atoms with van der Waals surface area (Å²) in [5.74, 6) is -0.200. The first kappa shape index (κ1) is 8.45. The van der Waals surface area contributed by atoms with Crippen LogP contribution in [0.1, 0.15) is 12.8 Å². The van der Waals surface area contributed by atoms with Gasteiger partial charge in [-0.05, 0) is 25.9 Å². The normalized spacial score (nSPS) is 18.6. The van der Waals surface area contributed by atoms with E-state index in [2.05, 4.69) is 5.43 Å². The Balaban J connectivity index is 2.13. The first-order chi connectivity index (χ1) is 5.33. The molecule has 1 aliphatic rings. The predicted octanol–water partition coefficient (Wildman–Crippen LogP) is -0.908. The molecule has 64 valence electrons. The Labute approximate surface area is 65.3 Å². The highest BCUT2D eigenvalue weighted by Crippen LogP contribution is 2.05. The van der Waals surface area contributed by atoms with Crippen molar-refractivity contribution in [2.45, 2.75) is 12.8 Å². The van der Waals surface area contributed by atoms with Gasteiger partial charge in [-0.15, -0.1) is 5.59 Å². The molecule has 0 unspecified atom stereocenters. The molecule has 1 aliphatic heterocycles. The molecule has 0 radical (unpaired) electrons. The molecule has 1 amide bonds. The summed E-state index contributed by atoms with van der Waals surface area (Å²) in [4.78, 5) is 12.9. The van der Waals surface area contributed by atoms with Gasteiger partial charge in [0.05, 0.1) is 6.54 Å². The molecule has 1 fully saturated rings. The second-order valence-electron chi connectivity index (χ2n) is 2.64. The molecular formula is C6H13N3O2. The Hall–Kier alpha value is -0.650. The third kappa shape index (κ3) is 2.83. The summed E-state index contributed by atoms with van der Waals surface area (Å²) in [6.07, 6.45) is 2.33. The molecule has 0 spiro atoms. The average molecular weight is 159 g/mol. The lowest BCUT2D eigenvalue weighted by molar-refractivity contribution is -0.125. The van der Waals surface area contributed by atoms with Crippen LogP contribution in [0.5, 0.6) is 0 Å². The maximum absolute atomic E-state index is 10.8. The van der Waals surface area contributed by atoms with Crippen molar-refractivity contribution in [1.29, 1.82) is 0 Å². The molecule has 11 heavy (non-hydrogen) atoms. The van der Waals surface area contributed by atoms with Crippen molar-refractivity contribution in [1.82, 2.24) is 15.9 Å². The molecule has 0 aromatic rings. The van der Waals surface area contributed by atoms with Gasteiger partial charge in [0.2, 0.25) is 5.91 Å². The van der Waals surface area contributed by atoms with Gasteiger partial charge in [0, 0.05) is 0 Å². The molecule has 0 aromatic heterocycles. The fourth-order valence-electron chi connectivity index (χ4n) is 1.25. The summed E-state index contributed by atoms with van der Waals surface area (Å²) < 4.78 is 0. The zero-order chi connectivity index (χ0) is 8.10. The number of nitrogens with zero attached hydrogens (tertiary/aromatic N) is 1. The van der Waals surface area contributed by atoms with Crippen LogP contribution in [0.2, 0.25) is 0 Å². The Bertz CT molecular complexity index is 134. The SMILES string of the molecule is O=C(CN1CCCC1)NNO. The lowest BCUT2D eigenvalue weighted by atomic mass is 10.4. The molecule has 1 heterocycles. The number of hydrazine groups is 1. The van der Waals surface area contributed by atoms with Crippen molar-refractivity contribution in [2.24, 2.45) is 0 Å². The Morgan fingerprint density at radius 3 is 2.64 bits per heavy atom. The number of likely N-dealkylation sites (tertiary alicyclic amines) is 1. The molecule has 0 aliphatic carbocycles. The van der Waals surface area contributed by atoms with E-state index in [-0.39, 0.29) is 5.91 Å². The standard InChI is InChI=1S/C6H13N3O2/c10-6(7-8-11)5-9-3-1-2-4-9/h8,11H,1-5H2,(H,7,10). The van der Waals surface area contributed by atoms with Gasteiger partial charge in [0.1, 0.15) is 0 Å². The topological polar surface area (TPSA) is 64.6 Å². The third-order valence-corrected chi connectivity index (χ3v) is 1.76. The van der Waals surface area contributed by atoms with Gasteiger partial charge in [0.25, 0.3) is 0 Å². The van der Waals surface area contributed by atoms with E-state index in [4.69, 9.17) is 5.21 Å². The van der Waals surface area contributed by atoms with Crippen molar-refractivity contribution in [2.75, 3.05) is 19.6 Å².